The van der Waals surface area contributed by atoms with E-state index in [9.17, 15) is 4.79 Å². The molecule has 0 aliphatic heterocycles. The van der Waals surface area contributed by atoms with Gasteiger partial charge in [-0.3, -0.25) is 0 Å². The first kappa shape index (κ1) is 17.7. The molecule has 1 N–H and O–H groups in total. The van der Waals surface area contributed by atoms with Crippen LogP contribution in [0, 0.1) is 0 Å². The van der Waals surface area contributed by atoms with Gasteiger partial charge in [0.15, 0.2) is 11.5 Å². The largest absolute Gasteiger partial charge is 0.493 e. The number of ether oxygens (including phenoxy) is 3. The first-order valence-corrected chi connectivity index (χ1v) is 7.57. The van der Waals surface area contributed by atoms with Crippen molar-refractivity contribution < 1.29 is 24.1 Å². The number of rotatable bonds is 8. The Balaban J connectivity index is 1.99. The van der Waals surface area contributed by atoms with Gasteiger partial charge in [-0.15, -0.1) is 0 Å². The number of para-hydroxylation sites is 1. The minimum absolute atomic E-state index is 0.275. The zero-order valence-corrected chi connectivity index (χ0v) is 13.8. The van der Waals surface area contributed by atoms with Gasteiger partial charge in [0.25, 0.3) is 0 Å². The third-order valence-electron chi connectivity index (χ3n) is 3.05. The number of carboxylic acid groups (broad SMARTS) is 1. The molecule has 2 rings (SSSR count). The molecule has 0 saturated carbocycles. The van der Waals surface area contributed by atoms with Crippen LogP contribution in [0.2, 0.25) is 5.02 Å². The summed E-state index contributed by atoms with van der Waals surface area (Å²) in [5.41, 5.74) is 0.614. The maximum Gasteiger partial charge on any atom is 0.328 e. The van der Waals surface area contributed by atoms with E-state index >= 15 is 0 Å². The van der Waals surface area contributed by atoms with Crippen LogP contribution in [0.4, 0.5) is 0 Å². The third kappa shape index (κ3) is 5.21. The van der Waals surface area contributed by atoms with Crippen molar-refractivity contribution >= 4 is 23.6 Å². The van der Waals surface area contributed by atoms with Crippen LogP contribution in [0.3, 0.4) is 0 Å². The van der Waals surface area contributed by atoms with Crippen molar-refractivity contribution in [3.63, 3.8) is 0 Å². The number of carbonyl (C=O) groups is 1. The zero-order valence-electron chi connectivity index (χ0n) is 13.1. The minimum atomic E-state index is -1.03. The van der Waals surface area contributed by atoms with E-state index in [0.29, 0.717) is 34.4 Å². The fourth-order valence-electron chi connectivity index (χ4n) is 1.97. The number of hydrogen-bond acceptors (Lipinski definition) is 4. The van der Waals surface area contributed by atoms with Gasteiger partial charge in [-0.1, -0.05) is 23.7 Å². The molecular weight excluding hydrogens is 332 g/mol. The topological polar surface area (TPSA) is 65.0 Å². The molecule has 5 nitrogen and oxygen atoms in total. The van der Waals surface area contributed by atoms with Crippen LogP contribution >= 0.6 is 11.6 Å². The summed E-state index contributed by atoms with van der Waals surface area (Å²) >= 11 is 5.81. The number of carboxylic acids is 1. The van der Waals surface area contributed by atoms with Crippen molar-refractivity contribution in [3.05, 3.63) is 59.1 Å². The van der Waals surface area contributed by atoms with Crippen LogP contribution in [-0.2, 0) is 4.79 Å². The predicted molar refractivity (Wildman–Crippen MR) is 92.1 cm³/mol. The first-order valence-electron chi connectivity index (χ1n) is 7.19. The molecule has 2 aromatic carbocycles. The maximum absolute atomic E-state index is 10.7. The second-order valence-electron chi connectivity index (χ2n) is 4.70. The quantitative estimate of drug-likeness (QED) is 0.579. The molecule has 0 heterocycles. The van der Waals surface area contributed by atoms with Gasteiger partial charge in [0.05, 0.1) is 7.11 Å². The average molecular weight is 349 g/mol. The second-order valence-corrected chi connectivity index (χ2v) is 5.14. The lowest BCUT2D eigenvalue weighted by molar-refractivity contribution is -0.131. The van der Waals surface area contributed by atoms with Crippen molar-refractivity contribution in [1.29, 1.82) is 0 Å². The summed E-state index contributed by atoms with van der Waals surface area (Å²) in [5, 5.41) is 9.40. The average Bonchev–Trinajstić information content (AvgIpc) is 2.58. The second kappa shape index (κ2) is 8.84. The molecule has 2 aromatic rings. The van der Waals surface area contributed by atoms with Gasteiger partial charge in [-0.2, -0.15) is 0 Å². The lowest BCUT2D eigenvalue weighted by Crippen LogP contribution is -2.10. The molecule has 6 heteroatoms. The molecule has 0 spiro atoms. The molecule has 0 fully saturated rings. The van der Waals surface area contributed by atoms with Crippen molar-refractivity contribution in [2.45, 2.75) is 0 Å². The van der Waals surface area contributed by atoms with E-state index in [2.05, 4.69) is 0 Å². The molecule has 0 unspecified atom stereocenters. The lowest BCUT2D eigenvalue weighted by atomic mass is 10.1. The Morgan fingerprint density at radius 3 is 2.50 bits per heavy atom. The SMILES string of the molecule is COc1cccc(C=CC(=O)O)c1OCCOc1ccc(Cl)cc1. The number of methoxy groups -OCH3 is 1. The van der Waals surface area contributed by atoms with E-state index in [1.807, 2.05) is 0 Å². The van der Waals surface area contributed by atoms with E-state index in [1.165, 1.54) is 13.2 Å². The van der Waals surface area contributed by atoms with E-state index < -0.39 is 5.97 Å². The highest BCUT2D eigenvalue weighted by Crippen LogP contribution is 2.32. The Bertz CT molecular complexity index is 710. The predicted octanol–water partition coefficient (Wildman–Crippen LogP) is 3.90. The number of benzene rings is 2. The summed E-state index contributed by atoms with van der Waals surface area (Å²) in [5.74, 6) is 0.648. The van der Waals surface area contributed by atoms with Crippen LogP contribution in [0.1, 0.15) is 5.56 Å². The molecule has 0 radical (unpaired) electrons. The fourth-order valence-corrected chi connectivity index (χ4v) is 2.10. The molecule has 0 aliphatic rings. The number of aliphatic carboxylic acids is 1. The van der Waals surface area contributed by atoms with Crippen molar-refractivity contribution in [3.8, 4) is 17.2 Å². The Hall–Kier alpha value is -2.66. The number of halogens is 1. The highest BCUT2D eigenvalue weighted by molar-refractivity contribution is 6.30. The van der Waals surface area contributed by atoms with E-state index in [0.717, 1.165) is 6.08 Å². The minimum Gasteiger partial charge on any atom is -0.493 e. The van der Waals surface area contributed by atoms with Gasteiger partial charge in [0, 0.05) is 16.7 Å². The third-order valence-corrected chi connectivity index (χ3v) is 3.30. The maximum atomic E-state index is 10.7. The summed E-state index contributed by atoms with van der Waals surface area (Å²) < 4.78 is 16.5. The zero-order chi connectivity index (χ0) is 17.4. The highest BCUT2D eigenvalue weighted by atomic mass is 35.5. The summed E-state index contributed by atoms with van der Waals surface area (Å²) in [6, 6.07) is 12.3. The highest BCUT2D eigenvalue weighted by Gasteiger charge is 2.09. The summed E-state index contributed by atoms with van der Waals surface area (Å²) in [7, 11) is 1.52. The number of hydrogen-bond donors (Lipinski definition) is 1. The molecular formula is C18H17ClO5. The van der Waals surface area contributed by atoms with Gasteiger partial charge < -0.3 is 19.3 Å². The van der Waals surface area contributed by atoms with Crippen molar-refractivity contribution in [2.75, 3.05) is 20.3 Å². The summed E-state index contributed by atoms with van der Waals surface area (Å²) in [4.78, 5) is 10.7. The molecule has 0 bridgehead atoms. The molecule has 24 heavy (non-hydrogen) atoms. The Morgan fingerprint density at radius 2 is 1.83 bits per heavy atom. The van der Waals surface area contributed by atoms with Crippen LogP contribution in [0.25, 0.3) is 6.08 Å². The van der Waals surface area contributed by atoms with Gasteiger partial charge in [0.2, 0.25) is 0 Å². The smallest absolute Gasteiger partial charge is 0.328 e. The molecule has 126 valence electrons. The van der Waals surface area contributed by atoms with Gasteiger partial charge in [0.1, 0.15) is 19.0 Å². The van der Waals surface area contributed by atoms with Crippen LogP contribution in [0.15, 0.2) is 48.5 Å². The van der Waals surface area contributed by atoms with Crippen molar-refractivity contribution in [2.24, 2.45) is 0 Å². The van der Waals surface area contributed by atoms with Gasteiger partial charge in [-0.25, -0.2) is 4.79 Å². The van der Waals surface area contributed by atoms with Crippen LogP contribution in [-0.4, -0.2) is 31.4 Å². The Morgan fingerprint density at radius 1 is 1.12 bits per heavy atom. The van der Waals surface area contributed by atoms with Gasteiger partial charge >= 0.3 is 5.97 Å². The molecule has 0 aliphatic carbocycles. The normalized spacial score (nSPS) is 10.6. The van der Waals surface area contributed by atoms with E-state index in [4.69, 9.17) is 30.9 Å². The van der Waals surface area contributed by atoms with Gasteiger partial charge in [-0.05, 0) is 36.4 Å². The monoisotopic (exact) mass is 348 g/mol. The lowest BCUT2D eigenvalue weighted by Gasteiger charge is -2.14. The Labute approximate surface area is 145 Å². The molecule has 0 aromatic heterocycles. The summed E-state index contributed by atoms with van der Waals surface area (Å²) in [6.07, 6.45) is 2.51. The van der Waals surface area contributed by atoms with Crippen LogP contribution in [0.5, 0.6) is 17.2 Å². The standard InChI is InChI=1S/C18H17ClO5/c1-22-16-4-2-3-13(5-10-17(20)21)18(16)24-12-11-23-15-8-6-14(19)7-9-15/h2-10H,11-12H2,1H3,(H,20,21). The van der Waals surface area contributed by atoms with Crippen molar-refractivity contribution in [1.82, 2.24) is 0 Å². The molecule has 0 saturated heterocycles. The molecule has 0 atom stereocenters. The molecule has 0 amide bonds. The van der Waals surface area contributed by atoms with E-state index in [1.54, 1.807) is 42.5 Å². The van der Waals surface area contributed by atoms with E-state index in [-0.39, 0.29) is 6.61 Å². The Kier molecular flexibility index (Phi) is 6.51. The summed E-state index contributed by atoms with van der Waals surface area (Å²) in [6.45, 7) is 0.596. The first-order chi connectivity index (χ1) is 11.6. The van der Waals surface area contributed by atoms with Crippen LogP contribution < -0.4 is 14.2 Å². The fraction of sp³-hybridized carbons (Fsp3) is 0.167.